The van der Waals surface area contributed by atoms with Crippen LogP contribution in [0.25, 0.3) is 0 Å². The maximum atomic E-state index is 11.9. The molecule has 0 aliphatic heterocycles. The molecule has 0 fully saturated rings. The van der Waals surface area contributed by atoms with Gasteiger partial charge in [-0.2, -0.15) is 5.10 Å². The second-order valence-corrected chi connectivity index (χ2v) is 5.72. The van der Waals surface area contributed by atoms with E-state index in [9.17, 15) is 14.9 Å². The quantitative estimate of drug-likeness (QED) is 0.387. The van der Waals surface area contributed by atoms with Crippen molar-refractivity contribution in [3.05, 3.63) is 99.9 Å². The standard InChI is InChI=1S/C20H16N4O4/c25-20(17-8-10-21-11-9-17)23-22-13-16-2-1-3-19(12-16)28-14-15-4-6-18(7-5-15)24(26)27/h1-13H,14H2,(H,23,25)/b22-13-. The summed E-state index contributed by atoms with van der Waals surface area (Å²) in [4.78, 5) is 26.0. The van der Waals surface area contributed by atoms with Crippen molar-refractivity contribution < 1.29 is 14.5 Å². The fourth-order valence-electron chi connectivity index (χ4n) is 2.30. The number of amides is 1. The number of rotatable bonds is 7. The van der Waals surface area contributed by atoms with E-state index >= 15 is 0 Å². The molecule has 1 N–H and O–H groups in total. The third-order valence-corrected chi connectivity index (χ3v) is 3.73. The van der Waals surface area contributed by atoms with Gasteiger partial charge in [0.25, 0.3) is 11.6 Å². The molecule has 0 unspecified atom stereocenters. The molecule has 1 amide bonds. The Kier molecular flexibility index (Phi) is 6.04. The lowest BCUT2D eigenvalue weighted by molar-refractivity contribution is -0.384. The van der Waals surface area contributed by atoms with Gasteiger partial charge in [-0.3, -0.25) is 19.9 Å². The van der Waals surface area contributed by atoms with Crippen LogP contribution in [0.15, 0.2) is 78.2 Å². The zero-order chi connectivity index (χ0) is 19.8. The number of carbonyl (C=O) groups excluding carboxylic acids is 1. The van der Waals surface area contributed by atoms with Gasteiger partial charge in [0.15, 0.2) is 0 Å². The predicted octanol–water partition coefficient (Wildman–Crippen LogP) is 3.33. The normalized spacial score (nSPS) is 10.6. The Morgan fingerprint density at radius 1 is 1.14 bits per heavy atom. The van der Waals surface area contributed by atoms with E-state index in [4.69, 9.17) is 4.74 Å². The fourth-order valence-corrected chi connectivity index (χ4v) is 2.30. The number of non-ortho nitro benzene ring substituents is 1. The smallest absolute Gasteiger partial charge is 0.271 e. The molecule has 0 radical (unpaired) electrons. The Morgan fingerprint density at radius 2 is 1.89 bits per heavy atom. The molecule has 0 aliphatic rings. The lowest BCUT2D eigenvalue weighted by Crippen LogP contribution is -2.17. The van der Waals surface area contributed by atoms with Crippen LogP contribution in [0.3, 0.4) is 0 Å². The lowest BCUT2D eigenvalue weighted by Gasteiger charge is -2.07. The highest BCUT2D eigenvalue weighted by Crippen LogP contribution is 2.16. The molecular weight excluding hydrogens is 360 g/mol. The monoisotopic (exact) mass is 376 g/mol. The molecule has 1 heterocycles. The average molecular weight is 376 g/mol. The maximum Gasteiger partial charge on any atom is 0.271 e. The van der Waals surface area contributed by atoms with Crippen LogP contribution in [0.5, 0.6) is 5.75 Å². The van der Waals surface area contributed by atoms with E-state index in [2.05, 4.69) is 15.5 Å². The van der Waals surface area contributed by atoms with Crippen molar-refractivity contribution >= 4 is 17.8 Å². The van der Waals surface area contributed by atoms with Gasteiger partial charge in [0.1, 0.15) is 12.4 Å². The number of nitrogens with zero attached hydrogens (tertiary/aromatic N) is 3. The van der Waals surface area contributed by atoms with Gasteiger partial charge in [-0.15, -0.1) is 0 Å². The van der Waals surface area contributed by atoms with Crippen molar-refractivity contribution in [1.82, 2.24) is 10.4 Å². The minimum Gasteiger partial charge on any atom is -0.489 e. The first-order valence-corrected chi connectivity index (χ1v) is 8.31. The third kappa shape index (κ3) is 5.21. The van der Waals surface area contributed by atoms with Crippen LogP contribution in [0.4, 0.5) is 5.69 Å². The van der Waals surface area contributed by atoms with E-state index < -0.39 is 4.92 Å². The Labute approximate surface area is 160 Å². The molecule has 3 aromatic rings. The third-order valence-electron chi connectivity index (χ3n) is 3.73. The van der Waals surface area contributed by atoms with Gasteiger partial charge in [-0.25, -0.2) is 5.43 Å². The Bertz CT molecular complexity index is 989. The Balaban J connectivity index is 1.56. The molecule has 0 aliphatic carbocycles. The highest BCUT2D eigenvalue weighted by atomic mass is 16.6. The number of ether oxygens (including phenoxy) is 1. The number of carbonyl (C=O) groups is 1. The summed E-state index contributed by atoms with van der Waals surface area (Å²) in [6, 6.07) is 16.6. The van der Waals surface area contributed by atoms with Crippen molar-refractivity contribution in [1.29, 1.82) is 0 Å². The van der Waals surface area contributed by atoms with Crippen molar-refractivity contribution in [2.45, 2.75) is 6.61 Å². The summed E-state index contributed by atoms with van der Waals surface area (Å²) < 4.78 is 5.70. The summed E-state index contributed by atoms with van der Waals surface area (Å²) in [6.45, 7) is 0.275. The Hall–Kier alpha value is -4.07. The number of pyridine rings is 1. The van der Waals surface area contributed by atoms with E-state index in [0.717, 1.165) is 11.1 Å². The number of hydrogen-bond acceptors (Lipinski definition) is 6. The largest absolute Gasteiger partial charge is 0.489 e. The van der Waals surface area contributed by atoms with Crippen molar-refractivity contribution in [3.63, 3.8) is 0 Å². The van der Waals surface area contributed by atoms with Crippen LogP contribution in [0.1, 0.15) is 21.5 Å². The molecule has 0 saturated heterocycles. The molecule has 0 bridgehead atoms. The number of benzene rings is 2. The predicted molar refractivity (Wildman–Crippen MR) is 103 cm³/mol. The van der Waals surface area contributed by atoms with Crippen molar-refractivity contribution in [2.75, 3.05) is 0 Å². The van der Waals surface area contributed by atoms with Crippen LogP contribution < -0.4 is 10.2 Å². The molecule has 8 heteroatoms. The molecule has 2 aromatic carbocycles. The zero-order valence-electron chi connectivity index (χ0n) is 14.7. The molecule has 0 spiro atoms. The molecule has 0 atom stereocenters. The number of hydrogen-bond donors (Lipinski definition) is 1. The summed E-state index contributed by atoms with van der Waals surface area (Å²) in [6.07, 6.45) is 4.58. The second-order valence-electron chi connectivity index (χ2n) is 5.72. The minimum absolute atomic E-state index is 0.0378. The fraction of sp³-hybridized carbons (Fsp3) is 0.0500. The van der Waals surface area contributed by atoms with Crippen molar-refractivity contribution in [2.24, 2.45) is 5.10 Å². The van der Waals surface area contributed by atoms with Crippen LogP contribution in [-0.4, -0.2) is 22.0 Å². The molecule has 140 valence electrons. The summed E-state index contributed by atoms with van der Waals surface area (Å²) >= 11 is 0. The van der Waals surface area contributed by atoms with Gasteiger partial charge in [0.05, 0.1) is 11.1 Å². The topological polar surface area (TPSA) is 107 Å². The second kappa shape index (κ2) is 9.04. The summed E-state index contributed by atoms with van der Waals surface area (Å²) in [5.41, 5.74) is 4.51. The zero-order valence-corrected chi connectivity index (χ0v) is 14.7. The molecule has 3 rings (SSSR count). The van der Waals surface area contributed by atoms with Gasteiger partial charge < -0.3 is 4.74 Å². The number of nitro groups is 1. The van der Waals surface area contributed by atoms with E-state index in [1.807, 2.05) is 6.07 Å². The summed E-state index contributed by atoms with van der Waals surface area (Å²) in [5.74, 6) is 0.284. The van der Waals surface area contributed by atoms with E-state index in [1.165, 1.54) is 30.7 Å². The van der Waals surface area contributed by atoms with Gasteiger partial charge in [0.2, 0.25) is 0 Å². The number of nitro benzene ring substituents is 1. The minimum atomic E-state index is -0.444. The van der Waals surface area contributed by atoms with Crippen molar-refractivity contribution in [3.8, 4) is 5.75 Å². The van der Waals surface area contributed by atoms with E-state index in [-0.39, 0.29) is 18.2 Å². The maximum absolute atomic E-state index is 11.9. The first-order chi connectivity index (χ1) is 13.6. The molecule has 1 aromatic heterocycles. The highest BCUT2D eigenvalue weighted by Gasteiger charge is 2.05. The van der Waals surface area contributed by atoms with Gasteiger partial charge in [0, 0.05) is 30.1 Å². The van der Waals surface area contributed by atoms with E-state index in [1.54, 1.807) is 42.5 Å². The molecule has 28 heavy (non-hydrogen) atoms. The number of hydrazone groups is 1. The van der Waals surface area contributed by atoms with E-state index in [0.29, 0.717) is 11.3 Å². The lowest BCUT2D eigenvalue weighted by atomic mass is 10.2. The van der Waals surface area contributed by atoms with Crippen LogP contribution in [0, 0.1) is 10.1 Å². The first kappa shape index (κ1) is 18.7. The highest BCUT2D eigenvalue weighted by molar-refractivity contribution is 5.94. The molecular formula is C20H16N4O4. The van der Waals surface area contributed by atoms with Gasteiger partial charge >= 0.3 is 0 Å². The van der Waals surface area contributed by atoms with Crippen LogP contribution in [-0.2, 0) is 6.61 Å². The average Bonchev–Trinajstić information content (AvgIpc) is 2.73. The number of nitrogens with one attached hydrogen (secondary N) is 1. The first-order valence-electron chi connectivity index (χ1n) is 8.31. The van der Waals surface area contributed by atoms with Gasteiger partial charge in [-0.1, -0.05) is 12.1 Å². The summed E-state index contributed by atoms with van der Waals surface area (Å²) in [7, 11) is 0. The molecule has 0 saturated carbocycles. The van der Waals surface area contributed by atoms with Crippen LogP contribution >= 0.6 is 0 Å². The number of aromatic nitrogens is 1. The molecule has 8 nitrogen and oxygen atoms in total. The van der Waals surface area contributed by atoms with Gasteiger partial charge in [-0.05, 0) is 47.5 Å². The SMILES string of the molecule is O=C(N/N=C\c1cccc(OCc2ccc([N+](=O)[O-])cc2)c1)c1ccncc1. The Morgan fingerprint density at radius 3 is 2.61 bits per heavy atom. The summed E-state index contributed by atoms with van der Waals surface area (Å²) in [5, 5.41) is 14.6. The van der Waals surface area contributed by atoms with Crippen LogP contribution in [0.2, 0.25) is 0 Å².